The van der Waals surface area contributed by atoms with Crippen molar-refractivity contribution in [2.24, 2.45) is 0 Å². The summed E-state index contributed by atoms with van der Waals surface area (Å²) in [5.41, 5.74) is 1.99. The fourth-order valence-corrected chi connectivity index (χ4v) is 2.32. The Morgan fingerprint density at radius 2 is 1.73 bits per heavy atom. The quantitative estimate of drug-likeness (QED) is 0.911. The van der Waals surface area contributed by atoms with Crippen LogP contribution in [0, 0.1) is 13.8 Å². The van der Waals surface area contributed by atoms with Crippen molar-refractivity contribution in [3.05, 3.63) is 41.7 Å². The van der Waals surface area contributed by atoms with Crippen LogP contribution in [0.15, 0.2) is 30.3 Å². The van der Waals surface area contributed by atoms with Crippen LogP contribution in [0.2, 0.25) is 0 Å². The molecule has 0 aliphatic rings. The van der Waals surface area contributed by atoms with Gasteiger partial charge in [-0.3, -0.25) is 4.72 Å². The molecule has 1 aromatic carbocycles. The Kier molecular flexibility index (Phi) is 4.62. The first kappa shape index (κ1) is 16.2. The van der Waals surface area contributed by atoms with Crippen LogP contribution >= 0.6 is 0 Å². The number of hydrogen-bond acceptors (Lipinski definition) is 5. The van der Waals surface area contributed by atoms with Gasteiger partial charge in [0, 0.05) is 31.5 Å². The van der Waals surface area contributed by atoms with Crippen LogP contribution in [-0.4, -0.2) is 36.8 Å². The van der Waals surface area contributed by atoms with Crippen LogP contribution in [0.25, 0.3) is 0 Å². The standard InChI is InChI=1S/C14H18N4O3S/c1-10-8-11(2)16-14(15-10)21-13-7-5-6-12(9-13)17-22(19,20)18(3)4/h5-9,17H,1-4H3. The predicted octanol–water partition coefficient (Wildman–Crippen LogP) is 2.10. The number of ether oxygens (including phenoxy) is 1. The fourth-order valence-electron chi connectivity index (χ4n) is 1.71. The molecule has 0 unspecified atom stereocenters. The van der Waals surface area contributed by atoms with Crippen LogP contribution in [-0.2, 0) is 10.2 Å². The third-order valence-electron chi connectivity index (χ3n) is 2.73. The molecule has 1 N–H and O–H groups in total. The summed E-state index contributed by atoms with van der Waals surface area (Å²) in [4.78, 5) is 8.36. The summed E-state index contributed by atoms with van der Waals surface area (Å²) in [6, 6.07) is 8.66. The zero-order chi connectivity index (χ0) is 16.3. The molecule has 0 saturated heterocycles. The highest BCUT2D eigenvalue weighted by Crippen LogP contribution is 2.23. The Bertz CT molecular complexity index is 755. The van der Waals surface area contributed by atoms with Gasteiger partial charge in [-0.1, -0.05) is 6.07 Å². The van der Waals surface area contributed by atoms with Gasteiger partial charge >= 0.3 is 16.2 Å². The van der Waals surface area contributed by atoms with Crippen LogP contribution in [0.4, 0.5) is 5.69 Å². The second-order valence-corrected chi connectivity index (χ2v) is 6.84. The van der Waals surface area contributed by atoms with Gasteiger partial charge in [-0.15, -0.1) is 0 Å². The zero-order valence-corrected chi connectivity index (χ0v) is 13.7. The molecular weight excluding hydrogens is 304 g/mol. The van der Waals surface area contributed by atoms with Crippen molar-refractivity contribution in [3.8, 4) is 11.8 Å². The molecule has 0 saturated carbocycles. The Morgan fingerprint density at radius 3 is 2.32 bits per heavy atom. The molecule has 0 atom stereocenters. The first-order chi connectivity index (χ1) is 10.3. The Hall–Kier alpha value is -2.19. The SMILES string of the molecule is Cc1cc(C)nc(Oc2cccc(NS(=O)(=O)N(C)C)c2)n1. The number of nitrogens with zero attached hydrogens (tertiary/aromatic N) is 3. The Morgan fingerprint density at radius 1 is 1.09 bits per heavy atom. The van der Waals surface area contributed by atoms with Gasteiger partial charge in [0.05, 0.1) is 5.69 Å². The van der Waals surface area contributed by atoms with E-state index in [1.807, 2.05) is 19.9 Å². The molecule has 1 heterocycles. The minimum Gasteiger partial charge on any atom is -0.424 e. The molecule has 7 nitrogen and oxygen atoms in total. The molecule has 118 valence electrons. The second kappa shape index (κ2) is 6.29. The van der Waals surface area contributed by atoms with Crippen LogP contribution in [0.1, 0.15) is 11.4 Å². The largest absolute Gasteiger partial charge is 0.424 e. The maximum absolute atomic E-state index is 11.8. The number of anilines is 1. The average Bonchev–Trinajstić information content (AvgIpc) is 2.36. The summed E-state index contributed by atoms with van der Waals surface area (Å²) in [5, 5.41) is 0. The molecule has 0 fully saturated rings. The normalized spacial score (nSPS) is 11.5. The minimum atomic E-state index is -3.56. The number of benzene rings is 1. The topological polar surface area (TPSA) is 84.4 Å². The summed E-state index contributed by atoms with van der Waals surface area (Å²) in [5.74, 6) is 0.448. The van der Waals surface area contributed by atoms with Crippen molar-refractivity contribution < 1.29 is 13.2 Å². The number of hydrogen-bond donors (Lipinski definition) is 1. The molecule has 0 spiro atoms. The van der Waals surface area contributed by atoms with Crippen molar-refractivity contribution >= 4 is 15.9 Å². The van der Waals surface area contributed by atoms with E-state index in [1.54, 1.807) is 24.3 Å². The number of nitrogens with one attached hydrogen (secondary N) is 1. The molecule has 0 aliphatic carbocycles. The van der Waals surface area contributed by atoms with E-state index in [0.717, 1.165) is 15.7 Å². The van der Waals surface area contributed by atoms with Crippen molar-refractivity contribution in [1.29, 1.82) is 0 Å². The number of aryl methyl sites for hydroxylation is 2. The van der Waals surface area contributed by atoms with Crippen LogP contribution < -0.4 is 9.46 Å². The molecule has 22 heavy (non-hydrogen) atoms. The number of rotatable bonds is 5. The van der Waals surface area contributed by atoms with E-state index in [-0.39, 0.29) is 6.01 Å². The highest BCUT2D eigenvalue weighted by Gasteiger charge is 2.13. The average molecular weight is 322 g/mol. The molecule has 0 radical (unpaired) electrons. The summed E-state index contributed by atoms with van der Waals surface area (Å²) >= 11 is 0. The Balaban J connectivity index is 2.22. The van der Waals surface area contributed by atoms with Gasteiger partial charge in [0.2, 0.25) is 0 Å². The van der Waals surface area contributed by atoms with Crippen LogP contribution in [0.3, 0.4) is 0 Å². The van der Waals surface area contributed by atoms with E-state index < -0.39 is 10.2 Å². The van der Waals surface area contributed by atoms with E-state index in [0.29, 0.717) is 11.4 Å². The molecule has 0 aliphatic heterocycles. The highest BCUT2D eigenvalue weighted by molar-refractivity contribution is 7.90. The Labute approximate surface area is 130 Å². The molecule has 2 aromatic rings. The lowest BCUT2D eigenvalue weighted by molar-refractivity contribution is 0.439. The molecule has 1 aromatic heterocycles. The maximum atomic E-state index is 11.8. The van der Waals surface area contributed by atoms with E-state index in [9.17, 15) is 8.42 Å². The highest BCUT2D eigenvalue weighted by atomic mass is 32.2. The second-order valence-electron chi connectivity index (χ2n) is 4.95. The van der Waals surface area contributed by atoms with E-state index >= 15 is 0 Å². The van der Waals surface area contributed by atoms with Gasteiger partial charge < -0.3 is 4.74 Å². The van der Waals surface area contributed by atoms with Gasteiger partial charge in [0.25, 0.3) is 0 Å². The third-order valence-corrected chi connectivity index (χ3v) is 4.19. The van der Waals surface area contributed by atoms with E-state index in [2.05, 4.69) is 14.7 Å². The predicted molar refractivity (Wildman–Crippen MR) is 84.3 cm³/mol. The molecule has 8 heteroatoms. The molecule has 0 bridgehead atoms. The zero-order valence-electron chi connectivity index (χ0n) is 12.9. The summed E-state index contributed by atoms with van der Waals surface area (Å²) in [6.45, 7) is 3.70. The maximum Gasteiger partial charge on any atom is 0.322 e. The fraction of sp³-hybridized carbons (Fsp3) is 0.286. The lowest BCUT2D eigenvalue weighted by atomic mass is 10.3. The third kappa shape index (κ3) is 4.15. The first-order valence-electron chi connectivity index (χ1n) is 6.57. The van der Waals surface area contributed by atoms with Crippen molar-refractivity contribution in [3.63, 3.8) is 0 Å². The van der Waals surface area contributed by atoms with Gasteiger partial charge in [-0.25, -0.2) is 9.97 Å². The van der Waals surface area contributed by atoms with Crippen molar-refractivity contribution in [2.45, 2.75) is 13.8 Å². The summed E-state index contributed by atoms with van der Waals surface area (Å²) in [7, 11) is -0.657. The summed E-state index contributed by atoms with van der Waals surface area (Å²) < 4.78 is 32.7. The van der Waals surface area contributed by atoms with Gasteiger partial charge in [-0.2, -0.15) is 12.7 Å². The van der Waals surface area contributed by atoms with Crippen molar-refractivity contribution in [2.75, 3.05) is 18.8 Å². The van der Waals surface area contributed by atoms with Gasteiger partial charge in [0.15, 0.2) is 0 Å². The smallest absolute Gasteiger partial charge is 0.322 e. The molecular formula is C14H18N4O3S. The monoisotopic (exact) mass is 322 g/mol. The summed E-state index contributed by atoms with van der Waals surface area (Å²) in [6.07, 6.45) is 0. The lowest BCUT2D eigenvalue weighted by Gasteiger charge is -2.14. The first-order valence-corrected chi connectivity index (χ1v) is 8.01. The van der Waals surface area contributed by atoms with Gasteiger partial charge in [0.1, 0.15) is 5.75 Å². The molecule has 2 rings (SSSR count). The van der Waals surface area contributed by atoms with Gasteiger partial charge in [-0.05, 0) is 32.0 Å². The van der Waals surface area contributed by atoms with E-state index in [4.69, 9.17) is 4.74 Å². The lowest BCUT2D eigenvalue weighted by Crippen LogP contribution is -2.28. The molecule has 0 amide bonds. The minimum absolute atomic E-state index is 0.227. The van der Waals surface area contributed by atoms with Crippen LogP contribution in [0.5, 0.6) is 11.8 Å². The van der Waals surface area contributed by atoms with E-state index in [1.165, 1.54) is 14.1 Å². The van der Waals surface area contributed by atoms with Crippen molar-refractivity contribution in [1.82, 2.24) is 14.3 Å². The number of aromatic nitrogens is 2.